The monoisotopic (exact) mass is 383 g/mol. The molecule has 4 unspecified atom stereocenters. The Morgan fingerprint density at radius 1 is 1.23 bits per heavy atom. The van der Waals surface area contributed by atoms with Gasteiger partial charge in [-0.05, 0) is 42.4 Å². The van der Waals surface area contributed by atoms with Crippen LogP contribution in [-0.2, 0) is 9.53 Å². The molecular formula is C19H27ClFN3O2. The van der Waals surface area contributed by atoms with Crippen molar-refractivity contribution in [2.45, 2.75) is 24.9 Å². The highest BCUT2D eigenvalue weighted by molar-refractivity contribution is 5.85. The first-order valence-corrected chi connectivity index (χ1v) is 9.25. The number of likely N-dealkylation sites (tertiary alicyclic amines) is 1. The first-order chi connectivity index (χ1) is 12.1. The number of carbonyl (C=O) groups excluding carboxylic acids is 1. The number of nitrogens with two attached hydrogens (primary N) is 1. The summed E-state index contributed by atoms with van der Waals surface area (Å²) < 4.78 is 19.2. The molecule has 0 spiro atoms. The third kappa shape index (κ3) is 3.74. The van der Waals surface area contributed by atoms with E-state index in [2.05, 4.69) is 4.90 Å². The third-order valence-corrected chi connectivity index (χ3v) is 6.03. The summed E-state index contributed by atoms with van der Waals surface area (Å²) >= 11 is 0. The molecule has 1 amide bonds. The molecule has 3 aliphatic rings. The van der Waals surface area contributed by atoms with Crippen LogP contribution in [0.25, 0.3) is 0 Å². The van der Waals surface area contributed by atoms with Crippen LogP contribution in [0.4, 0.5) is 4.39 Å². The van der Waals surface area contributed by atoms with Crippen molar-refractivity contribution in [3.63, 3.8) is 0 Å². The smallest absolute Gasteiger partial charge is 0.244 e. The largest absolute Gasteiger partial charge is 0.379 e. The Morgan fingerprint density at radius 3 is 2.69 bits per heavy atom. The molecule has 2 heterocycles. The molecule has 0 aromatic heterocycles. The zero-order chi connectivity index (χ0) is 17.4. The Hall–Kier alpha value is -1.21. The fraction of sp³-hybridized carbons (Fsp3) is 0.632. The fourth-order valence-corrected chi connectivity index (χ4v) is 4.68. The van der Waals surface area contributed by atoms with Crippen molar-refractivity contribution in [2.75, 3.05) is 39.4 Å². The van der Waals surface area contributed by atoms with Crippen molar-refractivity contribution in [1.29, 1.82) is 0 Å². The number of morpholine rings is 1. The topological polar surface area (TPSA) is 58.8 Å². The SMILES string of the molecule is Cl.NC1CCC2CN(C(=O)C(c3cccc(F)c3)N3CCOCC3)CC12. The first kappa shape index (κ1) is 19.5. The maximum atomic E-state index is 13.8. The summed E-state index contributed by atoms with van der Waals surface area (Å²) in [4.78, 5) is 17.5. The minimum atomic E-state index is -0.436. The molecule has 0 radical (unpaired) electrons. The van der Waals surface area contributed by atoms with E-state index in [4.69, 9.17) is 10.5 Å². The van der Waals surface area contributed by atoms with E-state index in [0.717, 1.165) is 31.5 Å². The van der Waals surface area contributed by atoms with Crippen LogP contribution in [0.15, 0.2) is 24.3 Å². The standard InChI is InChI=1S/C19H26FN3O2.ClH/c20-15-3-1-2-13(10-15)18(22-6-8-25-9-7-22)19(24)23-11-14-4-5-17(21)16(14)12-23;/h1-3,10,14,16-18H,4-9,11-12,21H2;1H. The molecule has 4 rings (SSSR count). The van der Waals surface area contributed by atoms with Gasteiger partial charge < -0.3 is 15.4 Å². The average Bonchev–Trinajstić information content (AvgIpc) is 3.19. The van der Waals surface area contributed by atoms with E-state index in [0.29, 0.717) is 38.1 Å². The van der Waals surface area contributed by atoms with E-state index in [1.165, 1.54) is 12.1 Å². The van der Waals surface area contributed by atoms with Gasteiger partial charge in [-0.25, -0.2) is 4.39 Å². The number of amides is 1. The summed E-state index contributed by atoms with van der Waals surface area (Å²) in [6.07, 6.45) is 2.17. The number of halogens is 2. The second-order valence-corrected chi connectivity index (χ2v) is 7.51. The second-order valence-electron chi connectivity index (χ2n) is 7.51. The van der Waals surface area contributed by atoms with E-state index in [1.807, 2.05) is 11.0 Å². The van der Waals surface area contributed by atoms with Gasteiger partial charge >= 0.3 is 0 Å². The predicted octanol–water partition coefficient (Wildman–Crippen LogP) is 1.82. The van der Waals surface area contributed by atoms with Crippen LogP contribution in [0.3, 0.4) is 0 Å². The predicted molar refractivity (Wildman–Crippen MR) is 99.6 cm³/mol. The number of ether oxygens (including phenoxy) is 1. The number of benzene rings is 1. The van der Waals surface area contributed by atoms with Crippen molar-refractivity contribution in [3.8, 4) is 0 Å². The second kappa shape index (κ2) is 8.21. The lowest BCUT2D eigenvalue weighted by Gasteiger charge is -2.36. The lowest BCUT2D eigenvalue weighted by atomic mass is 9.98. The highest BCUT2D eigenvalue weighted by Gasteiger charge is 2.44. The van der Waals surface area contributed by atoms with Crippen molar-refractivity contribution >= 4 is 18.3 Å². The van der Waals surface area contributed by atoms with Crippen molar-refractivity contribution in [3.05, 3.63) is 35.6 Å². The van der Waals surface area contributed by atoms with Crippen LogP contribution in [-0.4, -0.2) is 61.1 Å². The fourth-order valence-electron chi connectivity index (χ4n) is 4.68. The van der Waals surface area contributed by atoms with Crippen molar-refractivity contribution < 1.29 is 13.9 Å². The summed E-state index contributed by atoms with van der Waals surface area (Å²) in [7, 11) is 0. The highest BCUT2D eigenvalue weighted by atomic mass is 35.5. The van der Waals surface area contributed by atoms with E-state index in [-0.39, 0.29) is 30.2 Å². The van der Waals surface area contributed by atoms with Gasteiger partial charge in [0.15, 0.2) is 0 Å². The van der Waals surface area contributed by atoms with Crippen molar-refractivity contribution in [1.82, 2.24) is 9.80 Å². The average molecular weight is 384 g/mol. The van der Waals surface area contributed by atoms with Gasteiger partial charge in [0.1, 0.15) is 11.9 Å². The number of carbonyl (C=O) groups is 1. The van der Waals surface area contributed by atoms with Gasteiger partial charge in [-0.3, -0.25) is 9.69 Å². The maximum absolute atomic E-state index is 13.8. The van der Waals surface area contributed by atoms with Gasteiger partial charge in [0.25, 0.3) is 0 Å². The number of fused-ring (bicyclic) bond motifs is 1. The number of nitrogens with zero attached hydrogens (tertiary/aromatic N) is 2. The summed E-state index contributed by atoms with van der Waals surface area (Å²) in [6.45, 7) is 4.11. The van der Waals surface area contributed by atoms with E-state index in [1.54, 1.807) is 6.07 Å². The van der Waals surface area contributed by atoms with Crippen LogP contribution in [0.1, 0.15) is 24.4 Å². The van der Waals surface area contributed by atoms with Crippen LogP contribution in [0.5, 0.6) is 0 Å². The van der Waals surface area contributed by atoms with Gasteiger partial charge in [-0.2, -0.15) is 0 Å². The Kier molecular flexibility index (Phi) is 6.17. The summed E-state index contributed by atoms with van der Waals surface area (Å²) in [5, 5.41) is 0. The molecule has 7 heteroatoms. The van der Waals surface area contributed by atoms with Crippen LogP contribution in [0, 0.1) is 17.7 Å². The molecule has 1 saturated carbocycles. The lowest BCUT2D eigenvalue weighted by Crippen LogP contribution is -2.47. The minimum Gasteiger partial charge on any atom is -0.379 e. The molecule has 1 aromatic carbocycles. The van der Waals surface area contributed by atoms with E-state index >= 15 is 0 Å². The molecule has 0 bridgehead atoms. The molecule has 3 fully saturated rings. The van der Waals surface area contributed by atoms with Crippen LogP contribution in [0.2, 0.25) is 0 Å². The molecule has 2 saturated heterocycles. The van der Waals surface area contributed by atoms with E-state index < -0.39 is 6.04 Å². The first-order valence-electron chi connectivity index (χ1n) is 9.25. The normalized spacial score (nSPS) is 29.9. The maximum Gasteiger partial charge on any atom is 0.244 e. The molecule has 144 valence electrons. The van der Waals surface area contributed by atoms with Crippen molar-refractivity contribution in [2.24, 2.45) is 17.6 Å². The third-order valence-electron chi connectivity index (χ3n) is 6.03. The molecule has 5 nitrogen and oxygen atoms in total. The number of hydrogen-bond acceptors (Lipinski definition) is 4. The molecular weight excluding hydrogens is 357 g/mol. The Labute approximate surface area is 160 Å². The summed E-state index contributed by atoms with van der Waals surface area (Å²) in [5.74, 6) is 0.719. The van der Waals surface area contributed by atoms with Gasteiger partial charge in [-0.15, -0.1) is 12.4 Å². The highest BCUT2D eigenvalue weighted by Crippen LogP contribution is 2.38. The summed E-state index contributed by atoms with van der Waals surface area (Å²) in [5.41, 5.74) is 6.95. The zero-order valence-corrected chi connectivity index (χ0v) is 15.7. The molecule has 4 atom stereocenters. The molecule has 26 heavy (non-hydrogen) atoms. The van der Waals surface area contributed by atoms with Gasteiger partial charge in [0.05, 0.1) is 13.2 Å². The molecule has 1 aromatic rings. The van der Waals surface area contributed by atoms with Crippen LogP contribution < -0.4 is 5.73 Å². The Bertz CT molecular complexity index is 641. The Balaban J connectivity index is 0.00000196. The quantitative estimate of drug-likeness (QED) is 0.865. The molecule has 2 aliphatic heterocycles. The minimum absolute atomic E-state index is 0. The van der Waals surface area contributed by atoms with Crippen LogP contribution >= 0.6 is 12.4 Å². The number of rotatable bonds is 3. The van der Waals surface area contributed by atoms with E-state index in [9.17, 15) is 9.18 Å². The Morgan fingerprint density at radius 2 is 2.00 bits per heavy atom. The zero-order valence-electron chi connectivity index (χ0n) is 14.9. The summed E-state index contributed by atoms with van der Waals surface area (Å²) in [6, 6.07) is 6.21. The molecule has 2 N–H and O–H groups in total. The van der Waals surface area contributed by atoms with Gasteiger partial charge in [0.2, 0.25) is 5.91 Å². The number of hydrogen-bond donors (Lipinski definition) is 1. The van der Waals surface area contributed by atoms with Gasteiger partial charge in [0, 0.05) is 32.2 Å². The van der Waals surface area contributed by atoms with Gasteiger partial charge in [-0.1, -0.05) is 12.1 Å². The molecule has 1 aliphatic carbocycles. The lowest BCUT2D eigenvalue weighted by molar-refractivity contribution is -0.138.